The number of quaternary nitrogens is 1. The average molecular weight is 420 g/mol. The van der Waals surface area contributed by atoms with E-state index in [1.165, 1.54) is 6.07 Å². The van der Waals surface area contributed by atoms with Crippen LogP contribution < -0.4 is 15.5 Å². The molecule has 1 saturated heterocycles. The molecule has 4 rings (SSSR count). The summed E-state index contributed by atoms with van der Waals surface area (Å²) in [5.74, 6) is -0.371. The first-order valence-electron chi connectivity index (χ1n) is 10.7. The van der Waals surface area contributed by atoms with Gasteiger partial charge in [-0.3, -0.25) is 14.9 Å². The molecule has 0 aliphatic carbocycles. The molecule has 1 amide bonds. The highest BCUT2D eigenvalue weighted by molar-refractivity contribution is 6.06. The molecule has 0 bridgehead atoms. The topological polar surface area (TPSA) is 88.7 Å². The fourth-order valence-corrected chi connectivity index (χ4v) is 4.16. The Labute approximate surface area is 181 Å². The van der Waals surface area contributed by atoms with Gasteiger partial charge < -0.3 is 15.5 Å². The Kier molecular flexibility index (Phi) is 6.13. The number of nitro benzene ring substituents is 1. The van der Waals surface area contributed by atoms with Crippen LogP contribution in [0.3, 0.4) is 0 Å². The van der Waals surface area contributed by atoms with E-state index in [4.69, 9.17) is 0 Å². The van der Waals surface area contributed by atoms with Crippen molar-refractivity contribution in [3.63, 3.8) is 0 Å². The molecule has 1 fully saturated rings. The van der Waals surface area contributed by atoms with Gasteiger partial charge in [0.15, 0.2) is 0 Å². The van der Waals surface area contributed by atoms with Crippen molar-refractivity contribution in [2.75, 3.05) is 30.3 Å². The molecule has 1 aliphatic heterocycles. The number of nitro groups is 1. The second-order valence-electron chi connectivity index (χ2n) is 8.03. The highest BCUT2D eigenvalue weighted by Crippen LogP contribution is 2.28. The molecule has 7 heteroatoms. The molecule has 160 valence electrons. The lowest BCUT2D eigenvalue weighted by Crippen LogP contribution is -3.13. The van der Waals surface area contributed by atoms with Gasteiger partial charge in [0, 0.05) is 36.2 Å². The van der Waals surface area contributed by atoms with Gasteiger partial charge in [0.05, 0.1) is 24.6 Å². The summed E-state index contributed by atoms with van der Waals surface area (Å²) in [6, 6.07) is 18.4. The molecule has 0 aromatic heterocycles. The van der Waals surface area contributed by atoms with Crippen molar-refractivity contribution in [1.29, 1.82) is 0 Å². The largest absolute Gasteiger partial charge is 0.376 e. The van der Waals surface area contributed by atoms with Gasteiger partial charge in [0.2, 0.25) is 0 Å². The number of fused-ring (bicyclic) bond motifs is 1. The summed E-state index contributed by atoms with van der Waals surface area (Å²) in [6.45, 7) is 5.41. The summed E-state index contributed by atoms with van der Waals surface area (Å²) in [7, 11) is 0. The van der Waals surface area contributed by atoms with Crippen molar-refractivity contribution in [2.45, 2.75) is 25.8 Å². The van der Waals surface area contributed by atoms with Crippen LogP contribution >= 0.6 is 0 Å². The van der Waals surface area contributed by atoms with Crippen molar-refractivity contribution in [3.05, 3.63) is 76.3 Å². The number of hydrogen-bond donors (Lipinski definition) is 3. The summed E-state index contributed by atoms with van der Waals surface area (Å²) in [4.78, 5) is 25.5. The fourth-order valence-electron chi connectivity index (χ4n) is 4.16. The first kappa shape index (κ1) is 20.8. The lowest BCUT2D eigenvalue weighted by Gasteiger charge is -2.29. The van der Waals surface area contributed by atoms with Crippen molar-refractivity contribution < 1.29 is 14.6 Å². The third-order valence-electron chi connectivity index (χ3n) is 6.02. The van der Waals surface area contributed by atoms with Crippen LogP contribution in [-0.4, -0.2) is 36.5 Å². The minimum atomic E-state index is -0.429. The van der Waals surface area contributed by atoms with Gasteiger partial charge in [-0.2, -0.15) is 0 Å². The van der Waals surface area contributed by atoms with Gasteiger partial charge in [-0.1, -0.05) is 30.3 Å². The smallest absolute Gasteiger partial charge is 0.293 e. The van der Waals surface area contributed by atoms with Gasteiger partial charge in [-0.05, 0) is 42.0 Å². The van der Waals surface area contributed by atoms with Crippen molar-refractivity contribution in [3.8, 4) is 0 Å². The molecule has 3 N–H and O–H groups in total. The van der Waals surface area contributed by atoms with E-state index in [2.05, 4.69) is 17.6 Å². The number of nitrogens with one attached hydrogen (secondary N) is 3. The Morgan fingerprint density at radius 2 is 1.81 bits per heavy atom. The van der Waals surface area contributed by atoms with Gasteiger partial charge in [-0.15, -0.1) is 0 Å². The number of nitrogens with zero attached hydrogens (tertiary/aromatic N) is 1. The number of carbonyl (C=O) groups is 1. The van der Waals surface area contributed by atoms with Crippen LogP contribution in [0.2, 0.25) is 0 Å². The maximum absolute atomic E-state index is 12.7. The van der Waals surface area contributed by atoms with E-state index < -0.39 is 4.92 Å². The Hall–Kier alpha value is -3.45. The monoisotopic (exact) mass is 419 g/mol. The highest BCUT2D eigenvalue weighted by Gasteiger charge is 2.24. The van der Waals surface area contributed by atoms with E-state index in [9.17, 15) is 14.9 Å². The summed E-state index contributed by atoms with van der Waals surface area (Å²) >= 11 is 0. The number of anilines is 2. The summed E-state index contributed by atoms with van der Waals surface area (Å²) < 4.78 is 0. The highest BCUT2D eigenvalue weighted by atomic mass is 16.6. The standard InChI is InChI=1S/C24H26N4O3/c1-2-27-13-11-20(12-14-27)25-22-10-8-19(16-23(22)28(30)31)24(29)26-21-9-7-17-5-3-4-6-18(17)15-21/h3-10,15-16,20,25H,2,11-14H2,1H3,(H,26,29)/p+1. The van der Waals surface area contributed by atoms with E-state index in [1.807, 2.05) is 42.5 Å². The number of carbonyl (C=O) groups excluding carboxylic acids is 1. The van der Waals surface area contributed by atoms with Crippen LogP contribution in [-0.2, 0) is 0 Å². The summed E-state index contributed by atoms with van der Waals surface area (Å²) in [5, 5.41) is 19.9. The molecule has 31 heavy (non-hydrogen) atoms. The van der Waals surface area contributed by atoms with Crippen LogP contribution in [0.25, 0.3) is 10.8 Å². The average Bonchev–Trinajstić information content (AvgIpc) is 2.79. The van der Waals surface area contributed by atoms with Crippen molar-refractivity contribution in [2.24, 2.45) is 0 Å². The van der Waals surface area contributed by atoms with Crippen LogP contribution in [0.1, 0.15) is 30.1 Å². The second kappa shape index (κ2) is 9.14. The Morgan fingerprint density at radius 3 is 2.52 bits per heavy atom. The first-order chi connectivity index (χ1) is 15.0. The van der Waals surface area contributed by atoms with Crippen LogP contribution in [0.5, 0.6) is 0 Å². The third-order valence-corrected chi connectivity index (χ3v) is 6.02. The SMILES string of the molecule is CC[NH+]1CCC(Nc2ccc(C(=O)Nc3ccc4ccccc4c3)cc2[N+](=O)[O-])CC1. The van der Waals surface area contributed by atoms with Gasteiger partial charge >= 0.3 is 0 Å². The molecule has 1 heterocycles. The van der Waals surface area contributed by atoms with Crippen molar-refractivity contribution in [1.82, 2.24) is 0 Å². The predicted molar refractivity (Wildman–Crippen MR) is 123 cm³/mol. The first-order valence-corrected chi connectivity index (χ1v) is 10.7. The Balaban J connectivity index is 1.49. The summed E-state index contributed by atoms with van der Waals surface area (Å²) in [6.07, 6.45) is 1.95. The van der Waals surface area contributed by atoms with Gasteiger partial charge in [-0.25, -0.2) is 0 Å². The van der Waals surface area contributed by atoms with Gasteiger partial charge in [0.1, 0.15) is 5.69 Å². The lowest BCUT2D eigenvalue weighted by molar-refractivity contribution is -0.903. The minimum absolute atomic E-state index is 0.0728. The molecule has 7 nitrogen and oxygen atoms in total. The Bertz CT molecular complexity index is 1110. The maximum Gasteiger partial charge on any atom is 0.293 e. The molecule has 3 aromatic rings. The van der Waals surface area contributed by atoms with Gasteiger partial charge in [0.25, 0.3) is 11.6 Å². The zero-order valence-electron chi connectivity index (χ0n) is 17.6. The second-order valence-corrected chi connectivity index (χ2v) is 8.03. The molecule has 0 saturated carbocycles. The minimum Gasteiger partial charge on any atom is -0.376 e. The molecule has 0 atom stereocenters. The predicted octanol–water partition coefficient (Wildman–Crippen LogP) is 3.48. The molecule has 0 spiro atoms. The normalized spacial score (nSPS) is 18.5. The lowest BCUT2D eigenvalue weighted by atomic mass is 10.0. The molecular formula is C24H27N4O3+. The number of amides is 1. The van der Waals surface area contributed by atoms with E-state index >= 15 is 0 Å². The Morgan fingerprint density at radius 1 is 1.06 bits per heavy atom. The summed E-state index contributed by atoms with van der Waals surface area (Å²) in [5.41, 5.74) is 1.31. The van der Waals surface area contributed by atoms with E-state index in [0.717, 1.165) is 43.2 Å². The van der Waals surface area contributed by atoms with Crippen LogP contribution in [0.15, 0.2) is 60.7 Å². The maximum atomic E-state index is 12.7. The molecular weight excluding hydrogens is 392 g/mol. The van der Waals surface area contributed by atoms with Crippen LogP contribution in [0, 0.1) is 10.1 Å². The van der Waals surface area contributed by atoms with Crippen LogP contribution in [0.4, 0.5) is 17.1 Å². The number of piperidine rings is 1. The van der Waals surface area contributed by atoms with E-state index in [-0.39, 0.29) is 23.2 Å². The quantitative estimate of drug-likeness (QED) is 0.422. The van der Waals surface area contributed by atoms with Crippen molar-refractivity contribution >= 4 is 33.7 Å². The number of benzene rings is 3. The number of likely N-dealkylation sites (tertiary alicyclic amines) is 1. The number of hydrogen-bond acceptors (Lipinski definition) is 4. The molecule has 0 unspecified atom stereocenters. The molecule has 3 aromatic carbocycles. The molecule has 1 aliphatic rings. The zero-order chi connectivity index (χ0) is 21.8. The third kappa shape index (κ3) is 4.83. The van der Waals surface area contributed by atoms with E-state index in [1.54, 1.807) is 17.0 Å². The zero-order valence-corrected chi connectivity index (χ0v) is 17.6. The fraction of sp³-hybridized carbons (Fsp3) is 0.292. The van der Waals surface area contributed by atoms with E-state index in [0.29, 0.717) is 11.4 Å². The molecule has 0 radical (unpaired) electrons. The number of rotatable bonds is 6.